The fourth-order valence-electron chi connectivity index (χ4n) is 5.55. The molecule has 206 valence electrons. The molecule has 7 heteroatoms. The lowest BCUT2D eigenvalue weighted by Gasteiger charge is -2.30. The van der Waals surface area contributed by atoms with E-state index in [9.17, 15) is 4.79 Å². The molecule has 0 saturated carbocycles. The molecule has 6 nitrogen and oxygen atoms in total. The molecule has 4 aromatic rings. The number of pyridine rings is 1. The zero-order valence-corrected chi connectivity index (χ0v) is 24.1. The summed E-state index contributed by atoms with van der Waals surface area (Å²) in [6, 6.07) is 22.2. The fourth-order valence-corrected chi connectivity index (χ4v) is 6.88. The van der Waals surface area contributed by atoms with Crippen molar-refractivity contribution < 1.29 is 19.0 Å². The zero-order valence-electron chi connectivity index (χ0n) is 23.2. The van der Waals surface area contributed by atoms with E-state index >= 15 is 0 Å². The number of benzene rings is 2. The topological polar surface area (TPSA) is 60.9 Å². The van der Waals surface area contributed by atoms with Gasteiger partial charge >= 0.3 is 0 Å². The smallest absolute Gasteiger partial charge is 0.214 e. The van der Waals surface area contributed by atoms with E-state index in [0.29, 0.717) is 32.1 Å². The molecule has 2 aromatic heterocycles. The number of morpholine rings is 1. The first kappa shape index (κ1) is 26.5. The number of hydrogen-bond acceptors (Lipinski definition) is 7. The molecule has 2 aliphatic rings. The third-order valence-corrected chi connectivity index (χ3v) is 8.87. The van der Waals surface area contributed by atoms with E-state index in [1.807, 2.05) is 48.5 Å². The van der Waals surface area contributed by atoms with E-state index in [1.54, 1.807) is 18.4 Å². The van der Waals surface area contributed by atoms with Gasteiger partial charge in [0.2, 0.25) is 5.88 Å². The van der Waals surface area contributed by atoms with E-state index in [1.165, 1.54) is 0 Å². The van der Waals surface area contributed by atoms with Crippen LogP contribution in [0, 0.1) is 5.41 Å². The molecule has 0 bridgehead atoms. The molecule has 0 N–H and O–H groups in total. The van der Waals surface area contributed by atoms with Crippen LogP contribution in [0.1, 0.15) is 41.1 Å². The minimum absolute atomic E-state index is 0.0921. The second-order valence-corrected chi connectivity index (χ2v) is 12.2. The Hall–Kier alpha value is -3.68. The number of aromatic nitrogens is 1. The lowest BCUT2D eigenvalue weighted by molar-refractivity contribution is 0.0918. The first-order valence-electron chi connectivity index (χ1n) is 13.8. The molecule has 3 heterocycles. The quantitative estimate of drug-likeness (QED) is 0.244. The van der Waals surface area contributed by atoms with Gasteiger partial charge in [-0.05, 0) is 46.7 Å². The Balaban J connectivity index is 1.47. The summed E-state index contributed by atoms with van der Waals surface area (Å²) < 4.78 is 17.3. The minimum atomic E-state index is -0.0921. The highest BCUT2D eigenvalue weighted by Crippen LogP contribution is 2.50. The monoisotopic (exact) mass is 554 g/mol. The zero-order chi connectivity index (χ0) is 27.7. The predicted molar refractivity (Wildman–Crippen MR) is 160 cm³/mol. The summed E-state index contributed by atoms with van der Waals surface area (Å²) in [5, 5.41) is 1.14. The van der Waals surface area contributed by atoms with Gasteiger partial charge in [-0.25, -0.2) is 4.98 Å². The highest BCUT2D eigenvalue weighted by Gasteiger charge is 2.37. The van der Waals surface area contributed by atoms with Crippen molar-refractivity contribution in [2.24, 2.45) is 5.41 Å². The molecule has 1 saturated heterocycles. The first-order valence-corrected chi connectivity index (χ1v) is 14.6. The molecule has 0 unspecified atom stereocenters. The third kappa shape index (κ3) is 5.49. The van der Waals surface area contributed by atoms with Gasteiger partial charge in [0, 0.05) is 36.7 Å². The minimum Gasteiger partial charge on any atom is -0.497 e. The molecule has 1 aliphatic carbocycles. The molecule has 1 fully saturated rings. The number of thiophene rings is 1. The number of carbonyl (C=O) groups is 1. The maximum Gasteiger partial charge on any atom is 0.214 e. The molecule has 0 radical (unpaired) electrons. The Labute approximate surface area is 239 Å². The normalized spacial score (nSPS) is 16.5. The summed E-state index contributed by atoms with van der Waals surface area (Å²) in [6.07, 6.45) is 1.43. The van der Waals surface area contributed by atoms with Crippen LogP contribution < -0.4 is 14.4 Å². The van der Waals surface area contributed by atoms with Crippen LogP contribution in [0.2, 0.25) is 0 Å². The van der Waals surface area contributed by atoms with Gasteiger partial charge in [0.1, 0.15) is 12.4 Å². The Morgan fingerprint density at radius 2 is 1.73 bits per heavy atom. The van der Waals surface area contributed by atoms with Crippen molar-refractivity contribution in [1.29, 1.82) is 0 Å². The highest BCUT2D eigenvalue weighted by atomic mass is 32.1. The number of nitrogens with zero attached hydrogens (tertiary/aromatic N) is 2. The highest BCUT2D eigenvalue weighted by molar-refractivity contribution is 7.19. The largest absolute Gasteiger partial charge is 0.497 e. The second-order valence-electron chi connectivity index (χ2n) is 11.2. The van der Waals surface area contributed by atoms with Crippen LogP contribution in [0.25, 0.3) is 22.4 Å². The Bertz CT molecular complexity index is 1510. The van der Waals surface area contributed by atoms with E-state index in [2.05, 4.69) is 36.9 Å². The number of anilines is 1. The lowest BCUT2D eigenvalue weighted by atomic mass is 9.75. The van der Waals surface area contributed by atoms with Gasteiger partial charge in [-0.15, -0.1) is 11.3 Å². The number of ether oxygens (including phenoxy) is 3. The maximum atomic E-state index is 13.4. The van der Waals surface area contributed by atoms with Crippen molar-refractivity contribution >= 4 is 22.1 Å². The molecular weight excluding hydrogens is 520 g/mol. The molecule has 6 rings (SSSR count). The third-order valence-electron chi connectivity index (χ3n) is 7.54. The van der Waals surface area contributed by atoms with Crippen molar-refractivity contribution in [1.82, 2.24) is 4.98 Å². The molecule has 1 aliphatic heterocycles. The van der Waals surface area contributed by atoms with Gasteiger partial charge in [0.15, 0.2) is 5.78 Å². The average Bonchev–Trinajstić information content (AvgIpc) is 3.36. The van der Waals surface area contributed by atoms with Gasteiger partial charge in [0.25, 0.3) is 0 Å². The molecular formula is C33H34N2O4S. The van der Waals surface area contributed by atoms with Crippen LogP contribution in [0.3, 0.4) is 0 Å². The summed E-state index contributed by atoms with van der Waals surface area (Å²) in [5.74, 6) is 1.61. The summed E-state index contributed by atoms with van der Waals surface area (Å²) >= 11 is 1.64. The standard InChI is InChI=1S/C33H34N2O4S/c1-33(2)19-26-30(32(35-13-15-38-16-14-35)40-31(26)28(36)20-33)24-17-27(23-7-5-4-6-8-23)34-29(18-24)39-21-22-9-11-25(37-3)12-10-22/h4-12,17-18H,13-16,19-21H2,1-3H3. The Kier molecular flexibility index (Phi) is 7.34. The fraction of sp³-hybridized carbons (Fsp3) is 0.333. The van der Waals surface area contributed by atoms with Crippen LogP contribution in [-0.4, -0.2) is 44.2 Å². The van der Waals surface area contributed by atoms with Gasteiger partial charge < -0.3 is 19.1 Å². The van der Waals surface area contributed by atoms with Crippen molar-refractivity contribution in [3.05, 3.63) is 82.7 Å². The number of rotatable bonds is 7. The molecule has 2 aromatic carbocycles. The number of hydrogen-bond donors (Lipinski definition) is 0. The van der Waals surface area contributed by atoms with E-state index < -0.39 is 0 Å². The molecule has 0 spiro atoms. The van der Waals surface area contributed by atoms with Crippen LogP contribution in [0.15, 0.2) is 66.7 Å². The molecule has 0 amide bonds. The second kappa shape index (κ2) is 11.1. The summed E-state index contributed by atoms with van der Waals surface area (Å²) in [4.78, 5) is 21.6. The predicted octanol–water partition coefficient (Wildman–Crippen LogP) is 7.06. The Morgan fingerprint density at radius 3 is 2.45 bits per heavy atom. The molecule has 0 atom stereocenters. The number of carbonyl (C=O) groups excluding carboxylic acids is 1. The first-order chi connectivity index (χ1) is 19.4. The van der Waals surface area contributed by atoms with Crippen molar-refractivity contribution in [2.45, 2.75) is 33.3 Å². The summed E-state index contributed by atoms with van der Waals surface area (Å²) in [7, 11) is 1.66. The van der Waals surface area contributed by atoms with Crippen molar-refractivity contribution in [2.75, 3.05) is 38.3 Å². The number of methoxy groups -OCH3 is 1. The summed E-state index contributed by atoms with van der Waals surface area (Å²) in [5.41, 5.74) is 6.12. The van der Waals surface area contributed by atoms with Crippen LogP contribution in [0.5, 0.6) is 11.6 Å². The average molecular weight is 555 g/mol. The van der Waals surface area contributed by atoms with Gasteiger partial charge in [-0.1, -0.05) is 56.3 Å². The lowest BCUT2D eigenvalue weighted by Crippen LogP contribution is -2.36. The van der Waals surface area contributed by atoms with E-state index in [4.69, 9.17) is 19.2 Å². The van der Waals surface area contributed by atoms with Crippen molar-refractivity contribution in [3.63, 3.8) is 0 Å². The van der Waals surface area contributed by atoms with Crippen LogP contribution >= 0.6 is 11.3 Å². The number of fused-ring (bicyclic) bond motifs is 1. The van der Waals surface area contributed by atoms with E-state index in [0.717, 1.165) is 68.6 Å². The van der Waals surface area contributed by atoms with Gasteiger partial charge in [-0.3, -0.25) is 4.79 Å². The number of Topliss-reactive ketones (excluding diaryl/α,β-unsaturated/α-hetero) is 1. The number of ketones is 1. The van der Waals surface area contributed by atoms with Gasteiger partial charge in [-0.2, -0.15) is 0 Å². The van der Waals surface area contributed by atoms with Crippen LogP contribution in [0.4, 0.5) is 5.00 Å². The van der Waals surface area contributed by atoms with Gasteiger partial charge in [0.05, 0.1) is 35.9 Å². The SMILES string of the molecule is COc1ccc(COc2cc(-c3c(N4CCOCC4)sc4c3CC(C)(C)CC4=O)cc(-c3ccccc3)n2)cc1. The Morgan fingerprint density at radius 1 is 0.975 bits per heavy atom. The van der Waals surface area contributed by atoms with Crippen molar-refractivity contribution in [3.8, 4) is 34.0 Å². The van der Waals surface area contributed by atoms with E-state index in [-0.39, 0.29) is 11.2 Å². The van der Waals surface area contributed by atoms with Crippen LogP contribution in [-0.2, 0) is 17.8 Å². The molecule has 40 heavy (non-hydrogen) atoms. The maximum absolute atomic E-state index is 13.4. The summed E-state index contributed by atoms with van der Waals surface area (Å²) in [6.45, 7) is 7.75.